The summed E-state index contributed by atoms with van der Waals surface area (Å²) in [5.41, 5.74) is 2.18. The van der Waals surface area contributed by atoms with E-state index >= 15 is 0 Å². The number of carboxylic acids is 1. The van der Waals surface area contributed by atoms with Crippen LogP contribution in [0.5, 0.6) is 0 Å². The number of amides is 1. The first-order chi connectivity index (χ1) is 10.6. The average molecular weight is 315 g/mol. The van der Waals surface area contributed by atoms with E-state index in [4.69, 9.17) is 11.8 Å². The van der Waals surface area contributed by atoms with Crippen LogP contribution in [-0.4, -0.2) is 28.7 Å². The van der Waals surface area contributed by atoms with Crippen LogP contribution in [0.25, 0.3) is 0 Å². The van der Waals surface area contributed by atoms with E-state index in [-0.39, 0.29) is 0 Å². The van der Waals surface area contributed by atoms with Gasteiger partial charge in [0.25, 0.3) is 5.91 Å². The molecular weight excluding hydrogens is 304 g/mol. The van der Waals surface area contributed by atoms with Crippen molar-refractivity contribution in [3.05, 3.63) is 65.7 Å². The second-order valence-electron chi connectivity index (χ2n) is 4.72. The van der Waals surface area contributed by atoms with Crippen molar-refractivity contribution in [2.24, 2.45) is 4.99 Å². The highest BCUT2D eigenvalue weighted by molar-refractivity contribution is 6.41. The average Bonchev–Trinajstić information content (AvgIpc) is 2.65. The summed E-state index contributed by atoms with van der Waals surface area (Å²) in [5.74, 6) is -2.12. The van der Waals surface area contributed by atoms with Crippen LogP contribution < -0.4 is 4.42 Å². The molecule has 0 fully saturated rings. The molecule has 1 amide bonds. The number of rotatable bonds is 2. The molecule has 0 radical (unpaired) electrons. The van der Waals surface area contributed by atoms with Gasteiger partial charge in [-0.15, -0.1) is 0 Å². The van der Waals surface area contributed by atoms with Crippen molar-refractivity contribution in [2.75, 3.05) is 4.42 Å². The molecule has 0 bridgehead atoms. The SMILES string of the molecule is O=C(O)C1N=C(c2ccccc2)c2ccccc2N(Cl)C1=O. The number of benzene rings is 2. The van der Waals surface area contributed by atoms with Gasteiger partial charge in [0.2, 0.25) is 6.04 Å². The van der Waals surface area contributed by atoms with Crippen LogP contribution >= 0.6 is 11.8 Å². The van der Waals surface area contributed by atoms with Crippen LogP contribution in [0.2, 0.25) is 0 Å². The Morgan fingerprint density at radius 2 is 1.73 bits per heavy atom. The van der Waals surface area contributed by atoms with Gasteiger partial charge < -0.3 is 5.11 Å². The number of carbonyl (C=O) groups is 2. The lowest BCUT2D eigenvalue weighted by molar-refractivity contribution is -0.141. The second-order valence-corrected chi connectivity index (χ2v) is 5.06. The topological polar surface area (TPSA) is 70.0 Å². The molecule has 1 unspecified atom stereocenters. The van der Waals surface area contributed by atoms with Crippen molar-refractivity contribution in [1.82, 2.24) is 0 Å². The molecule has 1 aliphatic heterocycles. The van der Waals surface area contributed by atoms with Crippen LogP contribution in [0.4, 0.5) is 5.69 Å². The summed E-state index contributed by atoms with van der Waals surface area (Å²) in [4.78, 5) is 27.8. The van der Waals surface area contributed by atoms with Crippen molar-refractivity contribution < 1.29 is 14.7 Å². The smallest absolute Gasteiger partial charge is 0.338 e. The Labute approximate surface area is 131 Å². The molecule has 0 spiro atoms. The fourth-order valence-electron chi connectivity index (χ4n) is 2.31. The highest BCUT2D eigenvalue weighted by Crippen LogP contribution is 2.29. The quantitative estimate of drug-likeness (QED) is 0.684. The van der Waals surface area contributed by atoms with Crippen molar-refractivity contribution in [2.45, 2.75) is 6.04 Å². The Kier molecular flexibility index (Phi) is 3.65. The maximum atomic E-state index is 12.2. The summed E-state index contributed by atoms with van der Waals surface area (Å²) < 4.78 is 0.827. The van der Waals surface area contributed by atoms with Crippen LogP contribution in [0.1, 0.15) is 11.1 Å². The lowest BCUT2D eigenvalue weighted by Gasteiger charge is -2.15. The normalized spacial score (nSPS) is 17.5. The number of carbonyl (C=O) groups excluding carboxylic acids is 1. The molecule has 110 valence electrons. The van der Waals surface area contributed by atoms with Crippen LogP contribution in [-0.2, 0) is 9.59 Å². The van der Waals surface area contributed by atoms with Gasteiger partial charge in [-0.3, -0.25) is 9.79 Å². The van der Waals surface area contributed by atoms with Crippen LogP contribution in [0, 0.1) is 0 Å². The third kappa shape index (κ3) is 2.35. The zero-order valence-corrected chi connectivity index (χ0v) is 12.1. The number of hydrogen-bond donors (Lipinski definition) is 1. The highest BCUT2D eigenvalue weighted by Gasteiger charge is 2.35. The molecule has 1 heterocycles. The van der Waals surface area contributed by atoms with E-state index in [9.17, 15) is 14.7 Å². The summed E-state index contributed by atoms with van der Waals surface area (Å²) in [5, 5.41) is 9.28. The molecule has 0 aromatic heterocycles. The molecule has 1 atom stereocenters. The standard InChI is InChI=1S/C16H11ClN2O3/c17-19-12-9-5-4-8-11(12)13(10-6-2-1-3-7-10)18-14(15(19)20)16(21)22/h1-9,14H,(H,21,22). The first kappa shape index (κ1) is 14.3. The molecule has 0 saturated heterocycles. The zero-order valence-electron chi connectivity index (χ0n) is 11.3. The number of hydrogen-bond acceptors (Lipinski definition) is 3. The minimum Gasteiger partial charge on any atom is -0.479 e. The molecule has 6 heteroatoms. The Balaban J connectivity index is 2.27. The predicted octanol–water partition coefficient (Wildman–Crippen LogP) is 2.48. The van der Waals surface area contributed by atoms with Gasteiger partial charge in [-0.1, -0.05) is 48.5 Å². The summed E-state index contributed by atoms with van der Waals surface area (Å²) in [7, 11) is 0. The summed E-state index contributed by atoms with van der Waals surface area (Å²) in [6.45, 7) is 0. The van der Waals surface area contributed by atoms with Crippen molar-refractivity contribution >= 4 is 35.1 Å². The molecule has 22 heavy (non-hydrogen) atoms. The number of halogens is 1. The Morgan fingerprint density at radius 3 is 2.41 bits per heavy atom. The summed E-state index contributed by atoms with van der Waals surface area (Å²) in [6, 6.07) is 14.5. The third-order valence-corrected chi connectivity index (χ3v) is 3.69. The number of aliphatic carboxylic acids is 1. The van der Waals surface area contributed by atoms with Gasteiger partial charge in [-0.05, 0) is 6.07 Å². The van der Waals surface area contributed by atoms with Crippen LogP contribution in [0.15, 0.2) is 59.6 Å². The molecular formula is C16H11ClN2O3. The Morgan fingerprint density at radius 1 is 1.09 bits per heavy atom. The number of benzodiazepines with no additional fused rings is 1. The molecule has 3 rings (SSSR count). The molecule has 2 aromatic rings. The Hall–Kier alpha value is -2.66. The maximum absolute atomic E-state index is 12.2. The van der Waals surface area contributed by atoms with Gasteiger partial charge in [-0.2, -0.15) is 0 Å². The fourth-order valence-corrected chi connectivity index (χ4v) is 2.55. The molecule has 0 aliphatic carbocycles. The largest absolute Gasteiger partial charge is 0.479 e. The minimum atomic E-state index is -1.57. The van der Waals surface area contributed by atoms with E-state index in [1.165, 1.54) is 0 Å². The van der Waals surface area contributed by atoms with Crippen LogP contribution in [0.3, 0.4) is 0 Å². The van der Waals surface area contributed by atoms with E-state index in [1.807, 2.05) is 30.3 Å². The minimum absolute atomic E-state index is 0.417. The highest BCUT2D eigenvalue weighted by atomic mass is 35.5. The van der Waals surface area contributed by atoms with E-state index in [0.29, 0.717) is 17.0 Å². The van der Waals surface area contributed by atoms with E-state index < -0.39 is 17.9 Å². The monoisotopic (exact) mass is 314 g/mol. The fraction of sp³-hybridized carbons (Fsp3) is 0.0625. The number of nitrogens with zero attached hydrogens (tertiary/aromatic N) is 2. The first-order valence-corrected chi connectivity index (χ1v) is 6.88. The van der Waals surface area contributed by atoms with Gasteiger partial charge in [-0.25, -0.2) is 9.21 Å². The zero-order chi connectivity index (χ0) is 15.7. The third-order valence-electron chi connectivity index (χ3n) is 3.34. The molecule has 1 N–H and O–H groups in total. The molecule has 2 aromatic carbocycles. The summed E-state index contributed by atoms with van der Waals surface area (Å²) >= 11 is 6.04. The van der Waals surface area contributed by atoms with Gasteiger partial charge in [0.15, 0.2) is 0 Å². The van der Waals surface area contributed by atoms with E-state index in [0.717, 1.165) is 9.98 Å². The number of carboxylic acid groups (broad SMARTS) is 1. The number of anilines is 1. The van der Waals surface area contributed by atoms with Gasteiger partial charge in [0.1, 0.15) is 0 Å². The number of para-hydroxylation sites is 1. The van der Waals surface area contributed by atoms with E-state index in [1.54, 1.807) is 24.3 Å². The maximum Gasteiger partial charge on any atom is 0.338 e. The van der Waals surface area contributed by atoms with Gasteiger partial charge in [0.05, 0.1) is 11.4 Å². The van der Waals surface area contributed by atoms with Gasteiger partial charge >= 0.3 is 5.97 Å². The van der Waals surface area contributed by atoms with Crippen molar-refractivity contribution in [1.29, 1.82) is 0 Å². The first-order valence-electron chi connectivity index (χ1n) is 6.55. The number of aliphatic imine (C=N–C) groups is 1. The molecule has 0 saturated carbocycles. The molecule has 1 aliphatic rings. The predicted molar refractivity (Wildman–Crippen MR) is 83.3 cm³/mol. The second kappa shape index (κ2) is 5.61. The van der Waals surface area contributed by atoms with Gasteiger partial charge in [0, 0.05) is 22.9 Å². The lowest BCUT2D eigenvalue weighted by atomic mass is 10.0. The summed E-state index contributed by atoms with van der Waals surface area (Å²) in [6.07, 6.45) is 0. The number of fused-ring (bicyclic) bond motifs is 1. The Bertz CT molecular complexity index is 774. The van der Waals surface area contributed by atoms with Crippen molar-refractivity contribution in [3.8, 4) is 0 Å². The molecule has 5 nitrogen and oxygen atoms in total. The lowest BCUT2D eigenvalue weighted by Crippen LogP contribution is -2.36. The van der Waals surface area contributed by atoms with Crippen molar-refractivity contribution in [3.63, 3.8) is 0 Å². The van der Waals surface area contributed by atoms with E-state index in [2.05, 4.69) is 4.99 Å².